The molecular weight excluding hydrogens is 276 g/mol. The third-order valence-corrected chi connectivity index (χ3v) is 4.01. The van der Waals surface area contributed by atoms with E-state index in [4.69, 9.17) is 9.47 Å². The summed E-state index contributed by atoms with van der Waals surface area (Å²) in [6.45, 7) is 11.2. The van der Waals surface area contributed by atoms with Crippen molar-refractivity contribution in [2.45, 2.75) is 33.1 Å². The second-order valence-corrected chi connectivity index (χ2v) is 5.70. The minimum Gasteiger partial charge on any atom is -0.490 e. The van der Waals surface area contributed by atoms with Gasteiger partial charge in [0.15, 0.2) is 11.5 Å². The van der Waals surface area contributed by atoms with Crippen LogP contribution < -0.4 is 14.8 Å². The molecule has 0 bridgehead atoms. The Labute approximate surface area is 134 Å². The molecule has 4 nitrogen and oxygen atoms in total. The van der Waals surface area contributed by atoms with Gasteiger partial charge in [0, 0.05) is 26.2 Å². The van der Waals surface area contributed by atoms with Gasteiger partial charge in [-0.05, 0) is 57.4 Å². The van der Waals surface area contributed by atoms with Crippen LogP contribution in [0.25, 0.3) is 0 Å². The third-order valence-electron chi connectivity index (χ3n) is 4.01. The van der Waals surface area contributed by atoms with Crippen LogP contribution in [-0.4, -0.2) is 50.8 Å². The van der Waals surface area contributed by atoms with Gasteiger partial charge in [-0.3, -0.25) is 0 Å². The first-order valence-electron chi connectivity index (χ1n) is 8.65. The van der Waals surface area contributed by atoms with Gasteiger partial charge in [-0.1, -0.05) is 6.07 Å². The van der Waals surface area contributed by atoms with E-state index >= 15 is 0 Å². The first kappa shape index (κ1) is 17.1. The number of aryl methyl sites for hydroxylation is 1. The maximum atomic E-state index is 5.69. The van der Waals surface area contributed by atoms with Crippen molar-refractivity contribution in [3.8, 4) is 11.5 Å². The highest BCUT2D eigenvalue weighted by atomic mass is 16.5. The van der Waals surface area contributed by atoms with Gasteiger partial charge < -0.3 is 19.7 Å². The quantitative estimate of drug-likeness (QED) is 0.711. The summed E-state index contributed by atoms with van der Waals surface area (Å²) in [6, 6.07) is 6.35. The summed E-state index contributed by atoms with van der Waals surface area (Å²) in [5, 5.41) is 3.40. The number of piperazine rings is 1. The monoisotopic (exact) mass is 306 g/mol. The van der Waals surface area contributed by atoms with Gasteiger partial charge in [0.1, 0.15) is 0 Å². The number of hydrogen-bond donors (Lipinski definition) is 1. The largest absolute Gasteiger partial charge is 0.490 e. The minimum atomic E-state index is 0.671. The Kier molecular flexibility index (Phi) is 7.54. The van der Waals surface area contributed by atoms with E-state index in [-0.39, 0.29) is 0 Å². The molecule has 124 valence electrons. The van der Waals surface area contributed by atoms with Gasteiger partial charge in [0.2, 0.25) is 0 Å². The SMILES string of the molecule is CCOc1ccc(CCCCN2CCNCC2)cc1OCC. The maximum absolute atomic E-state index is 5.69. The van der Waals surface area contributed by atoms with Crippen LogP contribution in [0.15, 0.2) is 18.2 Å². The average Bonchev–Trinajstić information content (AvgIpc) is 2.55. The van der Waals surface area contributed by atoms with Gasteiger partial charge in [-0.2, -0.15) is 0 Å². The van der Waals surface area contributed by atoms with Crippen molar-refractivity contribution < 1.29 is 9.47 Å². The molecule has 1 aliphatic heterocycles. The Morgan fingerprint density at radius 2 is 1.73 bits per heavy atom. The van der Waals surface area contributed by atoms with Crippen LogP contribution >= 0.6 is 0 Å². The standard InChI is InChI=1S/C18H30N2O2/c1-3-21-17-9-8-16(15-18(17)22-4-2)7-5-6-12-20-13-10-19-11-14-20/h8-9,15,19H,3-7,10-14H2,1-2H3. The summed E-state index contributed by atoms with van der Waals surface area (Å²) in [6.07, 6.45) is 3.60. The van der Waals surface area contributed by atoms with Gasteiger partial charge in [0.25, 0.3) is 0 Å². The topological polar surface area (TPSA) is 33.7 Å². The van der Waals surface area contributed by atoms with Crippen molar-refractivity contribution in [3.05, 3.63) is 23.8 Å². The molecule has 4 heteroatoms. The van der Waals surface area contributed by atoms with Gasteiger partial charge in [-0.25, -0.2) is 0 Å². The van der Waals surface area contributed by atoms with Crippen LogP contribution in [-0.2, 0) is 6.42 Å². The molecule has 0 atom stereocenters. The highest BCUT2D eigenvalue weighted by molar-refractivity contribution is 5.43. The van der Waals surface area contributed by atoms with Crippen LogP contribution in [0.5, 0.6) is 11.5 Å². The maximum Gasteiger partial charge on any atom is 0.161 e. The van der Waals surface area contributed by atoms with E-state index in [1.807, 2.05) is 19.9 Å². The molecular formula is C18H30N2O2. The van der Waals surface area contributed by atoms with Crippen LogP contribution in [0.1, 0.15) is 32.3 Å². The predicted molar refractivity (Wildman–Crippen MR) is 91.0 cm³/mol. The molecule has 1 fully saturated rings. The van der Waals surface area contributed by atoms with Gasteiger partial charge in [-0.15, -0.1) is 0 Å². The molecule has 1 saturated heterocycles. The summed E-state index contributed by atoms with van der Waals surface area (Å²) < 4.78 is 11.3. The zero-order valence-corrected chi connectivity index (χ0v) is 14.1. The molecule has 22 heavy (non-hydrogen) atoms. The Hall–Kier alpha value is -1.26. The Morgan fingerprint density at radius 3 is 2.45 bits per heavy atom. The highest BCUT2D eigenvalue weighted by Crippen LogP contribution is 2.29. The molecule has 0 saturated carbocycles. The van der Waals surface area contributed by atoms with Crippen molar-refractivity contribution in [3.63, 3.8) is 0 Å². The molecule has 0 aromatic heterocycles. The van der Waals surface area contributed by atoms with Crippen molar-refractivity contribution in [2.75, 3.05) is 45.9 Å². The van der Waals surface area contributed by atoms with Crippen LogP contribution in [0.4, 0.5) is 0 Å². The summed E-state index contributed by atoms with van der Waals surface area (Å²) >= 11 is 0. The highest BCUT2D eigenvalue weighted by Gasteiger charge is 2.09. The van der Waals surface area contributed by atoms with E-state index in [1.54, 1.807) is 0 Å². The van der Waals surface area contributed by atoms with Crippen LogP contribution in [0, 0.1) is 0 Å². The molecule has 1 aliphatic rings. The van der Waals surface area contributed by atoms with E-state index in [9.17, 15) is 0 Å². The lowest BCUT2D eigenvalue weighted by atomic mass is 10.1. The lowest BCUT2D eigenvalue weighted by Gasteiger charge is -2.27. The van der Waals surface area contributed by atoms with E-state index in [0.29, 0.717) is 13.2 Å². The van der Waals surface area contributed by atoms with Crippen molar-refractivity contribution in [1.82, 2.24) is 10.2 Å². The van der Waals surface area contributed by atoms with E-state index in [0.717, 1.165) is 31.0 Å². The van der Waals surface area contributed by atoms with Crippen LogP contribution in [0.3, 0.4) is 0 Å². The van der Waals surface area contributed by atoms with Crippen molar-refractivity contribution in [1.29, 1.82) is 0 Å². The molecule has 0 unspecified atom stereocenters. The summed E-state index contributed by atoms with van der Waals surface area (Å²) in [4.78, 5) is 2.56. The van der Waals surface area contributed by atoms with E-state index < -0.39 is 0 Å². The second kappa shape index (κ2) is 9.70. The normalized spacial score (nSPS) is 15.7. The molecule has 1 aromatic carbocycles. The number of nitrogens with one attached hydrogen (secondary N) is 1. The Bertz CT molecular complexity index is 431. The minimum absolute atomic E-state index is 0.671. The fourth-order valence-electron chi connectivity index (χ4n) is 2.85. The molecule has 1 aromatic rings. The fourth-order valence-corrected chi connectivity index (χ4v) is 2.85. The molecule has 0 amide bonds. The lowest BCUT2D eigenvalue weighted by molar-refractivity contribution is 0.237. The Morgan fingerprint density at radius 1 is 1.00 bits per heavy atom. The molecule has 0 aliphatic carbocycles. The fraction of sp³-hybridized carbons (Fsp3) is 0.667. The van der Waals surface area contributed by atoms with Crippen LogP contribution in [0.2, 0.25) is 0 Å². The molecule has 2 rings (SSSR count). The smallest absolute Gasteiger partial charge is 0.161 e. The Balaban J connectivity index is 1.77. The number of nitrogens with zero attached hydrogens (tertiary/aromatic N) is 1. The average molecular weight is 306 g/mol. The van der Waals surface area contributed by atoms with Gasteiger partial charge in [0.05, 0.1) is 13.2 Å². The lowest BCUT2D eigenvalue weighted by Crippen LogP contribution is -2.43. The predicted octanol–water partition coefficient (Wildman–Crippen LogP) is 2.71. The third kappa shape index (κ3) is 5.50. The number of benzene rings is 1. The zero-order chi connectivity index (χ0) is 15.6. The molecule has 0 radical (unpaired) electrons. The van der Waals surface area contributed by atoms with E-state index in [1.165, 1.54) is 38.0 Å². The summed E-state index contributed by atoms with van der Waals surface area (Å²) in [7, 11) is 0. The number of ether oxygens (including phenoxy) is 2. The first-order chi connectivity index (χ1) is 10.8. The van der Waals surface area contributed by atoms with E-state index in [2.05, 4.69) is 22.3 Å². The summed E-state index contributed by atoms with van der Waals surface area (Å²) in [5.74, 6) is 1.73. The molecule has 0 spiro atoms. The van der Waals surface area contributed by atoms with Crippen molar-refractivity contribution in [2.24, 2.45) is 0 Å². The zero-order valence-electron chi connectivity index (χ0n) is 14.1. The number of hydrogen-bond acceptors (Lipinski definition) is 4. The summed E-state index contributed by atoms with van der Waals surface area (Å²) in [5.41, 5.74) is 1.34. The first-order valence-corrected chi connectivity index (χ1v) is 8.65. The number of rotatable bonds is 9. The van der Waals surface area contributed by atoms with Crippen molar-refractivity contribution >= 4 is 0 Å². The molecule has 1 N–H and O–H groups in total. The second-order valence-electron chi connectivity index (χ2n) is 5.70. The number of unbranched alkanes of at least 4 members (excludes halogenated alkanes) is 1. The molecule has 1 heterocycles. The van der Waals surface area contributed by atoms with Gasteiger partial charge >= 0.3 is 0 Å².